The molecule has 1 heterocycles. The van der Waals surface area contributed by atoms with E-state index in [1.165, 1.54) is 28.8 Å². The summed E-state index contributed by atoms with van der Waals surface area (Å²) in [5.74, 6) is 0.0154. The summed E-state index contributed by atoms with van der Waals surface area (Å²) < 4.78 is 5.72. The Balaban J connectivity index is 1.76. The van der Waals surface area contributed by atoms with E-state index >= 15 is 0 Å². The zero-order valence-corrected chi connectivity index (χ0v) is 14.6. The van der Waals surface area contributed by atoms with Gasteiger partial charge in [0.1, 0.15) is 10.1 Å². The van der Waals surface area contributed by atoms with Crippen molar-refractivity contribution >= 4 is 57.4 Å². The summed E-state index contributed by atoms with van der Waals surface area (Å²) in [6, 6.07) is 3.70. The summed E-state index contributed by atoms with van der Waals surface area (Å²) in [5.41, 5.74) is -0.166. The number of nitro groups is 1. The van der Waals surface area contributed by atoms with Crippen LogP contribution in [0.1, 0.15) is 0 Å². The first-order chi connectivity index (χ1) is 11.4. The van der Waals surface area contributed by atoms with E-state index in [0.717, 1.165) is 6.07 Å². The van der Waals surface area contributed by atoms with Gasteiger partial charge in [0.05, 0.1) is 15.7 Å². The van der Waals surface area contributed by atoms with Gasteiger partial charge in [0, 0.05) is 25.2 Å². The Bertz CT molecular complexity index is 684. The van der Waals surface area contributed by atoms with Crippen molar-refractivity contribution in [3.8, 4) is 5.75 Å². The fourth-order valence-electron chi connectivity index (χ4n) is 1.82. The molecule has 0 unspecified atom stereocenters. The lowest BCUT2D eigenvalue weighted by Crippen LogP contribution is -2.38. The molecule has 1 saturated heterocycles. The Kier molecular flexibility index (Phi) is 6.35. The van der Waals surface area contributed by atoms with Gasteiger partial charge >= 0.3 is 0 Å². The summed E-state index contributed by atoms with van der Waals surface area (Å²) in [7, 11) is 0. The molecule has 0 bridgehead atoms. The second-order valence-electron chi connectivity index (χ2n) is 4.61. The highest BCUT2D eigenvalue weighted by molar-refractivity contribution is 8.23. The van der Waals surface area contributed by atoms with Gasteiger partial charge in [-0.05, 0) is 6.07 Å². The molecule has 11 heteroatoms. The number of nitrogens with one attached hydrogen (secondary N) is 1. The fourth-order valence-corrected chi connectivity index (χ4v) is 3.17. The van der Waals surface area contributed by atoms with E-state index in [-0.39, 0.29) is 35.5 Å². The van der Waals surface area contributed by atoms with Crippen LogP contribution in [-0.2, 0) is 9.59 Å². The molecule has 128 valence electrons. The van der Waals surface area contributed by atoms with Crippen LogP contribution in [0.3, 0.4) is 0 Å². The molecule has 0 radical (unpaired) electrons. The van der Waals surface area contributed by atoms with Gasteiger partial charge in [-0.1, -0.05) is 35.6 Å². The predicted molar refractivity (Wildman–Crippen MR) is 93.4 cm³/mol. The molecule has 2 rings (SSSR count). The normalized spacial score (nSPS) is 14.0. The number of benzene rings is 1. The lowest BCUT2D eigenvalue weighted by atomic mass is 10.3. The van der Waals surface area contributed by atoms with E-state index < -0.39 is 10.8 Å². The van der Waals surface area contributed by atoms with Crippen LogP contribution in [0, 0.1) is 10.1 Å². The Hall–Kier alpha value is -1.91. The molecule has 0 aliphatic carbocycles. The van der Waals surface area contributed by atoms with Gasteiger partial charge in [-0.3, -0.25) is 24.6 Å². The van der Waals surface area contributed by atoms with Crippen molar-refractivity contribution in [3.63, 3.8) is 0 Å². The van der Waals surface area contributed by atoms with E-state index in [4.69, 9.17) is 28.6 Å². The average molecular weight is 390 g/mol. The maximum atomic E-state index is 11.7. The summed E-state index contributed by atoms with van der Waals surface area (Å²) in [5, 5.41) is 13.2. The van der Waals surface area contributed by atoms with E-state index in [0.29, 0.717) is 16.6 Å². The van der Waals surface area contributed by atoms with Crippen molar-refractivity contribution in [1.82, 2.24) is 10.2 Å². The summed E-state index contributed by atoms with van der Waals surface area (Å²) >= 11 is 12.2. The smallest absolute Gasteiger partial charge is 0.271 e. The van der Waals surface area contributed by atoms with Crippen LogP contribution in [0.15, 0.2) is 18.2 Å². The maximum absolute atomic E-state index is 11.7. The van der Waals surface area contributed by atoms with Crippen LogP contribution in [-0.4, -0.2) is 51.4 Å². The van der Waals surface area contributed by atoms with E-state index in [2.05, 4.69) is 5.32 Å². The molecule has 2 amide bonds. The molecule has 0 spiro atoms. The lowest BCUT2D eigenvalue weighted by molar-refractivity contribution is -0.384. The highest BCUT2D eigenvalue weighted by atomic mass is 35.5. The zero-order chi connectivity index (χ0) is 17.7. The molecule has 24 heavy (non-hydrogen) atoms. The molecule has 1 fully saturated rings. The first kappa shape index (κ1) is 18.4. The number of ether oxygens (including phenoxy) is 1. The lowest BCUT2D eigenvalue weighted by Gasteiger charge is -2.15. The molecule has 8 nitrogen and oxygen atoms in total. The number of halogens is 1. The number of non-ortho nitro benzene ring substituents is 1. The van der Waals surface area contributed by atoms with Crippen molar-refractivity contribution in [3.05, 3.63) is 33.3 Å². The third kappa shape index (κ3) is 4.79. The van der Waals surface area contributed by atoms with Crippen molar-refractivity contribution < 1.29 is 19.2 Å². The first-order valence-corrected chi connectivity index (χ1v) is 8.46. The SMILES string of the molecule is O=C(COc1ccc([N+](=O)[O-])cc1Cl)NCCN1C(=O)CSC1=S. The molecule has 1 aromatic carbocycles. The zero-order valence-electron chi connectivity index (χ0n) is 12.2. The topological polar surface area (TPSA) is 102 Å². The summed E-state index contributed by atoms with van der Waals surface area (Å²) in [6.07, 6.45) is 0. The number of nitrogens with zero attached hydrogens (tertiary/aromatic N) is 2. The number of carbonyl (C=O) groups is 2. The van der Waals surface area contributed by atoms with Crippen LogP contribution in [0.4, 0.5) is 5.69 Å². The van der Waals surface area contributed by atoms with E-state index in [1.807, 2.05) is 0 Å². The Morgan fingerprint density at radius 3 is 2.88 bits per heavy atom. The molecule has 0 atom stereocenters. The minimum absolute atomic E-state index is 0.0436. The van der Waals surface area contributed by atoms with Crippen molar-refractivity contribution in [1.29, 1.82) is 0 Å². The number of carbonyl (C=O) groups excluding carboxylic acids is 2. The van der Waals surface area contributed by atoms with Gasteiger partial charge < -0.3 is 10.1 Å². The van der Waals surface area contributed by atoms with Crippen molar-refractivity contribution in [2.75, 3.05) is 25.4 Å². The van der Waals surface area contributed by atoms with Crippen LogP contribution in [0.2, 0.25) is 5.02 Å². The molecule has 0 saturated carbocycles. The Labute approximate surface area is 151 Å². The van der Waals surface area contributed by atoms with E-state index in [1.54, 1.807) is 0 Å². The second-order valence-corrected chi connectivity index (χ2v) is 6.63. The molecule has 1 N–H and O–H groups in total. The van der Waals surface area contributed by atoms with Gasteiger partial charge in [-0.25, -0.2) is 0 Å². The number of thioether (sulfide) groups is 1. The van der Waals surface area contributed by atoms with Gasteiger partial charge in [-0.2, -0.15) is 0 Å². The van der Waals surface area contributed by atoms with Gasteiger partial charge in [-0.15, -0.1) is 0 Å². The number of hydrogen-bond acceptors (Lipinski definition) is 7. The highest BCUT2D eigenvalue weighted by Crippen LogP contribution is 2.28. The minimum atomic E-state index is -0.579. The van der Waals surface area contributed by atoms with Crippen molar-refractivity contribution in [2.24, 2.45) is 0 Å². The molecular formula is C13H12ClN3O5S2. The fraction of sp³-hybridized carbons (Fsp3) is 0.308. The number of hydrogen-bond donors (Lipinski definition) is 1. The van der Waals surface area contributed by atoms with Gasteiger partial charge in [0.15, 0.2) is 6.61 Å². The number of rotatable bonds is 7. The quantitative estimate of drug-likeness (QED) is 0.429. The Morgan fingerprint density at radius 1 is 1.54 bits per heavy atom. The average Bonchev–Trinajstić information content (AvgIpc) is 2.85. The van der Waals surface area contributed by atoms with Crippen LogP contribution < -0.4 is 10.1 Å². The summed E-state index contributed by atoms with van der Waals surface area (Å²) in [6.45, 7) is 0.238. The molecule has 1 aliphatic heterocycles. The van der Waals surface area contributed by atoms with Crippen molar-refractivity contribution in [2.45, 2.75) is 0 Å². The summed E-state index contributed by atoms with van der Waals surface area (Å²) in [4.78, 5) is 34.7. The monoisotopic (exact) mass is 389 g/mol. The van der Waals surface area contributed by atoms with Crippen LogP contribution in [0.25, 0.3) is 0 Å². The van der Waals surface area contributed by atoms with Gasteiger partial charge in [0.2, 0.25) is 5.91 Å². The predicted octanol–water partition coefficient (Wildman–Crippen LogP) is 1.60. The third-order valence-electron chi connectivity index (χ3n) is 2.98. The molecule has 1 aromatic rings. The minimum Gasteiger partial charge on any atom is -0.482 e. The Morgan fingerprint density at radius 2 is 2.29 bits per heavy atom. The number of nitro benzene ring substituents is 1. The van der Waals surface area contributed by atoms with E-state index in [9.17, 15) is 19.7 Å². The second kappa shape index (κ2) is 8.27. The van der Waals surface area contributed by atoms with Crippen LogP contribution in [0.5, 0.6) is 5.75 Å². The van der Waals surface area contributed by atoms with Gasteiger partial charge in [0.25, 0.3) is 11.6 Å². The standard InChI is InChI=1S/C13H12ClN3O5S2/c14-9-5-8(17(20)21)1-2-10(9)22-6-11(18)15-3-4-16-12(19)7-24-13(16)23/h1-2,5H,3-4,6-7H2,(H,15,18). The first-order valence-electron chi connectivity index (χ1n) is 6.69. The molecule has 1 aliphatic rings. The number of thiocarbonyl (C=S) groups is 1. The number of amides is 2. The molecule has 0 aromatic heterocycles. The van der Waals surface area contributed by atoms with Crippen LogP contribution >= 0.6 is 35.6 Å². The highest BCUT2D eigenvalue weighted by Gasteiger charge is 2.25. The maximum Gasteiger partial charge on any atom is 0.271 e. The molecular weight excluding hydrogens is 378 g/mol. The third-order valence-corrected chi connectivity index (χ3v) is 4.71. The largest absolute Gasteiger partial charge is 0.482 e.